The van der Waals surface area contributed by atoms with Crippen LogP contribution >= 0.6 is 0 Å². The van der Waals surface area contributed by atoms with Crippen LogP contribution in [0.2, 0.25) is 0 Å². The molecule has 0 amide bonds. The van der Waals surface area contributed by atoms with Crippen LogP contribution in [-0.4, -0.2) is 6.18 Å². The van der Waals surface area contributed by atoms with E-state index in [0.717, 1.165) is 24.3 Å². The molecule has 10 heteroatoms. The van der Waals surface area contributed by atoms with Gasteiger partial charge in [0.25, 0.3) is 0 Å². The van der Waals surface area contributed by atoms with Crippen molar-refractivity contribution in [1.82, 2.24) is 0 Å². The van der Waals surface area contributed by atoms with Crippen molar-refractivity contribution in [3.05, 3.63) is 94.6 Å². The van der Waals surface area contributed by atoms with Crippen LogP contribution in [0.4, 0.5) is 39.5 Å². The van der Waals surface area contributed by atoms with Crippen molar-refractivity contribution in [1.29, 1.82) is 0 Å². The molecule has 0 spiro atoms. The Morgan fingerprint density at radius 2 is 1.40 bits per heavy atom. The second-order valence-corrected chi connectivity index (χ2v) is 7.52. The lowest BCUT2D eigenvalue weighted by Gasteiger charge is -2.19. The van der Waals surface area contributed by atoms with E-state index in [-0.39, 0.29) is 22.8 Å². The van der Waals surface area contributed by atoms with Gasteiger partial charge in [0, 0.05) is 29.3 Å². The van der Waals surface area contributed by atoms with Crippen molar-refractivity contribution in [3.63, 3.8) is 0 Å². The third-order valence-electron chi connectivity index (χ3n) is 4.95. The quantitative estimate of drug-likeness (QED) is 0.293. The molecule has 0 aromatic heterocycles. The van der Waals surface area contributed by atoms with E-state index < -0.39 is 58.5 Å². The van der Waals surface area contributed by atoms with Crippen LogP contribution in [-0.2, 0) is 12.5 Å². The fourth-order valence-electron chi connectivity index (χ4n) is 3.28. The molecule has 0 bridgehead atoms. The number of rotatable bonds is 7. The monoisotopic (exact) mass is 504 g/mol. The number of hydrogen-bond donors (Lipinski definition) is 0. The van der Waals surface area contributed by atoms with Gasteiger partial charge in [0.15, 0.2) is 11.6 Å². The molecule has 1 nitrogen and oxygen atoms in total. The number of halogens is 9. The first-order valence-corrected chi connectivity index (χ1v) is 10.2. The van der Waals surface area contributed by atoms with Crippen molar-refractivity contribution in [2.75, 3.05) is 0 Å². The predicted octanol–water partition coefficient (Wildman–Crippen LogP) is 8.57. The standard InChI is InChI=1S/C25H17F9O/c1-2-3-15-6-9-18(23(29)22(15)28)14-4-7-16(8-5-14)25(33,34)35-17-12-20(26)19(21(27)13-17)10-11-24(30,31)32/h4-13H,2-3H2,1H3. The van der Waals surface area contributed by atoms with E-state index in [9.17, 15) is 39.5 Å². The average Bonchev–Trinajstić information content (AvgIpc) is 2.76. The lowest BCUT2D eigenvalue weighted by atomic mass is 9.99. The number of benzene rings is 3. The highest BCUT2D eigenvalue weighted by Gasteiger charge is 2.35. The first-order chi connectivity index (χ1) is 16.3. The summed E-state index contributed by atoms with van der Waals surface area (Å²) in [5.74, 6) is -6.22. The number of alkyl halides is 5. The molecule has 0 aliphatic carbocycles. The fraction of sp³-hybridized carbons (Fsp3) is 0.200. The minimum absolute atomic E-state index is 0.0990. The normalized spacial score (nSPS) is 12.4. The zero-order valence-corrected chi connectivity index (χ0v) is 18.0. The maximum absolute atomic E-state index is 14.6. The Balaban J connectivity index is 1.84. The summed E-state index contributed by atoms with van der Waals surface area (Å²) in [6, 6.07) is 7.27. The molecular weight excluding hydrogens is 487 g/mol. The van der Waals surface area contributed by atoms with E-state index in [2.05, 4.69) is 4.74 Å². The number of aryl methyl sites for hydroxylation is 1. The fourth-order valence-corrected chi connectivity index (χ4v) is 3.28. The van der Waals surface area contributed by atoms with E-state index in [1.807, 2.05) is 0 Å². The van der Waals surface area contributed by atoms with Gasteiger partial charge in [0.05, 0.1) is 5.56 Å². The van der Waals surface area contributed by atoms with Crippen molar-refractivity contribution in [3.8, 4) is 16.9 Å². The van der Waals surface area contributed by atoms with Gasteiger partial charge in [0.2, 0.25) is 0 Å². The number of ether oxygens (including phenoxy) is 1. The van der Waals surface area contributed by atoms with Gasteiger partial charge in [0.1, 0.15) is 17.4 Å². The maximum Gasteiger partial charge on any atom is 0.426 e. The van der Waals surface area contributed by atoms with Crippen LogP contribution in [0, 0.1) is 23.3 Å². The van der Waals surface area contributed by atoms with Crippen molar-refractivity contribution in [2.45, 2.75) is 32.1 Å². The Morgan fingerprint density at radius 1 is 0.800 bits per heavy atom. The molecule has 0 aliphatic rings. The van der Waals surface area contributed by atoms with E-state index in [4.69, 9.17) is 0 Å². The first kappa shape index (κ1) is 26.2. The largest absolute Gasteiger partial charge is 0.429 e. The van der Waals surface area contributed by atoms with Gasteiger partial charge in [-0.2, -0.15) is 22.0 Å². The SMILES string of the molecule is CCCc1ccc(-c2ccc(C(F)(F)Oc3cc(F)c(C=CC(F)(F)F)c(F)c3)cc2)c(F)c1F. The summed E-state index contributed by atoms with van der Waals surface area (Å²) in [5.41, 5.74) is -1.72. The Morgan fingerprint density at radius 3 is 1.94 bits per heavy atom. The first-order valence-electron chi connectivity index (χ1n) is 10.2. The minimum Gasteiger partial charge on any atom is -0.429 e. The molecular formula is C25H17F9O. The predicted molar refractivity (Wildman–Crippen MR) is 112 cm³/mol. The third kappa shape index (κ3) is 6.17. The van der Waals surface area contributed by atoms with Crippen LogP contribution in [0.1, 0.15) is 30.0 Å². The van der Waals surface area contributed by atoms with Gasteiger partial charge in [-0.05, 0) is 35.8 Å². The molecule has 0 aliphatic heterocycles. The summed E-state index contributed by atoms with van der Waals surface area (Å²) in [5, 5.41) is 0. The lowest BCUT2D eigenvalue weighted by Crippen LogP contribution is -2.22. The zero-order valence-electron chi connectivity index (χ0n) is 18.0. The van der Waals surface area contributed by atoms with E-state index in [0.29, 0.717) is 25.0 Å². The Labute approximate surface area is 194 Å². The van der Waals surface area contributed by atoms with E-state index in [1.54, 1.807) is 6.92 Å². The van der Waals surface area contributed by atoms with Crippen LogP contribution < -0.4 is 4.74 Å². The van der Waals surface area contributed by atoms with Gasteiger partial charge in [-0.1, -0.05) is 37.6 Å². The minimum atomic E-state index is -4.83. The highest BCUT2D eigenvalue weighted by molar-refractivity contribution is 5.65. The van der Waals surface area contributed by atoms with Crippen molar-refractivity contribution in [2.24, 2.45) is 0 Å². The average molecular weight is 504 g/mol. The van der Waals surface area contributed by atoms with E-state index >= 15 is 0 Å². The van der Waals surface area contributed by atoms with Gasteiger partial charge >= 0.3 is 12.3 Å². The van der Waals surface area contributed by atoms with Crippen molar-refractivity contribution < 1.29 is 44.3 Å². The van der Waals surface area contributed by atoms with Crippen LogP contribution in [0.15, 0.2) is 54.6 Å². The van der Waals surface area contributed by atoms with Crippen LogP contribution in [0.5, 0.6) is 5.75 Å². The van der Waals surface area contributed by atoms with Gasteiger partial charge < -0.3 is 4.74 Å². The van der Waals surface area contributed by atoms with Crippen LogP contribution in [0.25, 0.3) is 17.2 Å². The molecule has 186 valence electrons. The van der Waals surface area contributed by atoms with Crippen molar-refractivity contribution >= 4 is 6.08 Å². The molecule has 35 heavy (non-hydrogen) atoms. The summed E-state index contributed by atoms with van der Waals surface area (Å²) in [4.78, 5) is 0. The summed E-state index contributed by atoms with van der Waals surface area (Å²) >= 11 is 0. The highest BCUT2D eigenvalue weighted by atomic mass is 19.4. The Hall–Kier alpha value is -3.43. The molecule has 0 radical (unpaired) electrons. The molecule has 0 saturated heterocycles. The molecule has 3 rings (SSSR count). The molecule has 0 atom stereocenters. The molecule has 3 aromatic rings. The molecule has 0 unspecified atom stereocenters. The topological polar surface area (TPSA) is 9.23 Å². The highest BCUT2D eigenvalue weighted by Crippen LogP contribution is 2.35. The summed E-state index contributed by atoms with van der Waals surface area (Å²) in [7, 11) is 0. The van der Waals surface area contributed by atoms with Gasteiger partial charge in [-0.15, -0.1) is 0 Å². The molecule has 0 fully saturated rings. The summed E-state index contributed by atoms with van der Waals surface area (Å²) < 4.78 is 127. The number of hydrogen-bond acceptors (Lipinski definition) is 1. The van der Waals surface area contributed by atoms with Crippen LogP contribution in [0.3, 0.4) is 0 Å². The molecule has 3 aromatic carbocycles. The second-order valence-electron chi connectivity index (χ2n) is 7.52. The second kappa shape index (κ2) is 10.1. The third-order valence-corrected chi connectivity index (χ3v) is 4.95. The van der Waals surface area contributed by atoms with Gasteiger partial charge in [-0.3, -0.25) is 0 Å². The zero-order chi connectivity index (χ0) is 26.0. The number of allylic oxidation sites excluding steroid dienone is 1. The smallest absolute Gasteiger partial charge is 0.426 e. The molecule has 0 heterocycles. The summed E-state index contributed by atoms with van der Waals surface area (Å²) in [6.07, 6.45) is -8.30. The van der Waals surface area contributed by atoms with Gasteiger partial charge in [-0.25, -0.2) is 17.6 Å². The van der Waals surface area contributed by atoms with E-state index in [1.165, 1.54) is 12.1 Å². The Bertz CT molecular complexity index is 1210. The lowest BCUT2D eigenvalue weighted by molar-refractivity contribution is -0.185. The molecule has 0 saturated carbocycles. The summed E-state index contributed by atoms with van der Waals surface area (Å²) in [6.45, 7) is 1.80. The molecule has 0 N–H and O–H groups in total. The Kier molecular flexibility index (Phi) is 7.52. The maximum atomic E-state index is 14.6.